The van der Waals surface area contributed by atoms with Gasteiger partial charge in [-0.2, -0.15) is 0 Å². The Balaban J connectivity index is 2.49. The third-order valence-electron chi connectivity index (χ3n) is 0.966. The van der Waals surface area contributed by atoms with E-state index in [0.717, 1.165) is 0 Å². The van der Waals surface area contributed by atoms with Gasteiger partial charge in [0.2, 0.25) is 0 Å². The van der Waals surface area contributed by atoms with Gasteiger partial charge in [0.25, 0.3) is 0 Å². The molecule has 1 radical (unpaired) electrons. The molecule has 0 bridgehead atoms. The molecule has 0 spiro atoms. The third-order valence-corrected chi connectivity index (χ3v) is 0.966. The van der Waals surface area contributed by atoms with Crippen LogP contribution in [0.25, 0.3) is 0 Å². The van der Waals surface area contributed by atoms with Crippen molar-refractivity contribution in [2.45, 2.75) is 13.0 Å². The van der Waals surface area contributed by atoms with Crippen molar-refractivity contribution in [2.75, 3.05) is 0 Å². The van der Waals surface area contributed by atoms with Crippen molar-refractivity contribution >= 4 is 0 Å². The largest absolute Gasteiger partial charge is 0.151 e. The van der Waals surface area contributed by atoms with E-state index in [2.05, 4.69) is 18.3 Å². The zero-order valence-electron chi connectivity index (χ0n) is 4.39. The van der Waals surface area contributed by atoms with Crippen LogP contribution < -0.4 is 5.32 Å². The molecule has 0 aromatic carbocycles. The van der Waals surface area contributed by atoms with Gasteiger partial charge < -0.3 is 0 Å². The summed E-state index contributed by atoms with van der Waals surface area (Å²) in [5, 5.41) is 3.11. The van der Waals surface area contributed by atoms with Gasteiger partial charge >= 0.3 is 0 Å². The van der Waals surface area contributed by atoms with Gasteiger partial charge in [-0.15, -0.1) is 5.32 Å². The monoisotopic (exact) mass is 95.1 g/mol. The van der Waals surface area contributed by atoms with Crippen molar-refractivity contribution in [3.8, 4) is 0 Å². The van der Waals surface area contributed by atoms with E-state index in [1.54, 1.807) is 0 Å². The van der Waals surface area contributed by atoms with Crippen molar-refractivity contribution in [1.82, 2.24) is 0 Å². The highest BCUT2D eigenvalue weighted by atomic mass is 14.9. The summed E-state index contributed by atoms with van der Waals surface area (Å²) >= 11 is 0. The predicted octanol–water partition coefficient (Wildman–Crippen LogP) is -0.192. The van der Waals surface area contributed by atoms with Gasteiger partial charge in [0, 0.05) is 0 Å². The van der Waals surface area contributed by atoms with Gasteiger partial charge in [-0.05, 0) is 19.1 Å². The van der Waals surface area contributed by atoms with Crippen LogP contribution in [-0.4, -0.2) is 6.04 Å². The van der Waals surface area contributed by atoms with Crippen LogP contribution in [0.1, 0.15) is 6.92 Å². The molecule has 1 atom stereocenters. The van der Waals surface area contributed by atoms with E-state index >= 15 is 0 Å². The molecule has 0 amide bonds. The Bertz CT molecular complexity index is 103. The minimum Gasteiger partial charge on any atom is -0.147 e. The molecule has 0 saturated carbocycles. The molecule has 1 N–H and O–H groups in total. The second-order valence-corrected chi connectivity index (χ2v) is 1.70. The second kappa shape index (κ2) is 1.94. The van der Waals surface area contributed by atoms with Gasteiger partial charge in [-0.25, -0.2) is 0 Å². The summed E-state index contributed by atoms with van der Waals surface area (Å²) < 4.78 is 0. The van der Waals surface area contributed by atoms with Crippen molar-refractivity contribution in [1.29, 1.82) is 0 Å². The lowest BCUT2D eigenvalue weighted by Crippen LogP contribution is -2.83. The molecular weight excluding hydrogens is 86.1 g/mol. The second-order valence-electron chi connectivity index (χ2n) is 1.70. The molecule has 1 unspecified atom stereocenters. The van der Waals surface area contributed by atoms with E-state index in [1.807, 2.05) is 18.4 Å². The van der Waals surface area contributed by atoms with Gasteiger partial charge in [0.1, 0.15) is 6.20 Å². The summed E-state index contributed by atoms with van der Waals surface area (Å²) in [6, 6.07) is 0.519. The molecule has 0 saturated heterocycles. The predicted molar refractivity (Wildman–Crippen MR) is 28.7 cm³/mol. The lowest BCUT2D eigenvalue weighted by Gasteiger charge is -1.95. The number of dihydropyridines is 1. The van der Waals surface area contributed by atoms with Crippen LogP contribution in [0, 0.1) is 0 Å². The summed E-state index contributed by atoms with van der Waals surface area (Å²) in [6.07, 6.45) is 8.09. The van der Waals surface area contributed by atoms with Crippen molar-refractivity contribution in [3.05, 3.63) is 24.4 Å². The molecule has 1 rings (SSSR count). The van der Waals surface area contributed by atoms with E-state index in [9.17, 15) is 0 Å². The molecule has 7 heavy (non-hydrogen) atoms. The first-order valence-electron chi connectivity index (χ1n) is 2.49. The lowest BCUT2D eigenvalue weighted by molar-refractivity contribution is -0.612. The first kappa shape index (κ1) is 4.60. The molecule has 0 fully saturated rings. The number of hydrogen-bond acceptors (Lipinski definition) is 1. The molecule has 1 aliphatic heterocycles. The Hall–Kier alpha value is -0.560. The van der Waals surface area contributed by atoms with Crippen LogP contribution in [0.15, 0.2) is 24.4 Å². The molecule has 0 aromatic heterocycles. The Morgan fingerprint density at radius 1 is 1.43 bits per heavy atom. The summed E-state index contributed by atoms with van der Waals surface area (Å²) in [6.45, 7) is 2.11. The summed E-state index contributed by atoms with van der Waals surface area (Å²) in [4.78, 5) is 0. The minimum atomic E-state index is 0.519. The molecule has 37 valence electrons. The first-order valence-corrected chi connectivity index (χ1v) is 2.49. The first-order chi connectivity index (χ1) is 3.39. The maximum atomic E-state index is 3.11. The van der Waals surface area contributed by atoms with Gasteiger partial charge in [0.05, 0.1) is 0 Å². The summed E-state index contributed by atoms with van der Waals surface area (Å²) in [5.74, 6) is 0. The Morgan fingerprint density at radius 3 is 2.57 bits per heavy atom. The fourth-order valence-electron chi connectivity index (χ4n) is 0.549. The minimum absolute atomic E-state index is 0.519. The van der Waals surface area contributed by atoms with Gasteiger partial charge in [0.15, 0.2) is 6.04 Å². The number of rotatable bonds is 0. The fourth-order valence-corrected chi connectivity index (χ4v) is 0.549. The summed E-state index contributed by atoms with van der Waals surface area (Å²) in [5.41, 5.74) is 0. The van der Waals surface area contributed by atoms with Crippen LogP contribution >= 0.6 is 0 Å². The van der Waals surface area contributed by atoms with Crippen molar-refractivity contribution < 1.29 is 5.32 Å². The van der Waals surface area contributed by atoms with E-state index in [4.69, 9.17) is 0 Å². The van der Waals surface area contributed by atoms with Crippen LogP contribution in [0.3, 0.4) is 0 Å². The van der Waals surface area contributed by atoms with E-state index in [-0.39, 0.29) is 0 Å². The van der Waals surface area contributed by atoms with E-state index < -0.39 is 0 Å². The average Bonchev–Trinajstić information content (AvgIpc) is 1.69. The van der Waals surface area contributed by atoms with Crippen LogP contribution in [-0.2, 0) is 0 Å². The van der Waals surface area contributed by atoms with Gasteiger partial charge in [-0.1, -0.05) is 6.08 Å². The highest BCUT2D eigenvalue weighted by Gasteiger charge is 2.00. The zero-order valence-corrected chi connectivity index (χ0v) is 4.39. The van der Waals surface area contributed by atoms with Crippen LogP contribution in [0.2, 0.25) is 0 Å². The fraction of sp³-hybridized carbons (Fsp3) is 0.333. The Kier molecular flexibility index (Phi) is 1.27. The Morgan fingerprint density at radius 2 is 2.29 bits per heavy atom. The Labute approximate surface area is 43.7 Å². The number of allylic oxidation sites excluding steroid dienone is 2. The topological polar surface area (TPSA) is 15.6 Å². The molecule has 1 aliphatic rings. The molecular formula is C6H9N+. The lowest BCUT2D eigenvalue weighted by atomic mass is 10.2. The van der Waals surface area contributed by atoms with Gasteiger partial charge in [-0.3, -0.25) is 0 Å². The SMILES string of the molecule is CC1C=CC=C[NH+]1. The van der Waals surface area contributed by atoms with Crippen molar-refractivity contribution in [3.63, 3.8) is 0 Å². The quantitative estimate of drug-likeness (QED) is 0.429. The molecule has 0 aliphatic carbocycles. The van der Waals surface area contributed by atoms with E-state index in [1.165, 1.54) is 0 Å². The molecule has 1 heterocycles. The smallest absolute Gasteiger partial charge is 0.147 e. The third kappa shape index (κ3) is 1.16. The normalized spacial score (nSPS) is 28.4. The zero-order chi connectivity index (χ0) is 5.11. The standard InChI is InChI=1S/C6H9N/c1-6-4-2-3-5-7-6/h2-7H,1H3/q+1. The van der Waals surface area contributed by atoms with Crippen LogP contribution in [0.4, 0.5) is 0 Å². The highest BCUT2D eigenvalue weighted by Crippen LogP contribution is 1.82. The summed E-state index contributed by atoms with van der Waals surface area (Å²) in [7, 11) is 0. The van der Waals surface area contributed by atoms with Crippen molar-refractivity contribution in [2.24, 2.45) is 0 Å². The number of nitrogens with one attached hydrogen (secondary N) is 1. The highest BCUT2D eigenvalue weighted by molar-refractivity contribution is 5.03. The van der Waals surface area contributed by atoms with E-state index in [0.29, 0.717) is 6.04 Å². The molecule has 0 aromatic rings. The molecule has 1 heteroatoms. The average molecular weight is 95.1 g/mol. The maximum Gasteiger partial charge on any atom is 0.151 e. The maximum absolute atomic E-state index is 3.11. The molecule has 1 nitrogen and oxygen atoms in total. The van der Waals surface area contributed by atoms with Crippen LogP contribution in [0.5, 0.6) is 0 Å². The number of hydrogen-bond donors (Lipinski definition) is 1.